The standard InChI is InChI=1S/C22H30N2O/c1-3-4-12-22(19(25)23-18-8-9-18)17-21(24(22)2)15-13-20(14-16-21)10-6-5-7-11-20/h6-7,10-11,13-16,18H,3-5,8-9,12,17H2,1-2H3,(H,23,25). The van der Waals surface area contributed by atoms with E-state index in [1.165, 1.54) is 0 Å². The highest BCUT2D eigenvalue weighted by molar-refractivity contribution is 5.89. The second-order valence-electron chi connectivity index (χ2n) is 8.32. The van der Waals surface area contributed by atoms with Gasteiger partial charge in [-0.2, -0.15) is 0 Å². The Bertz CT molecular complexity index is 640. The van der Waals surface area contributed by atoms with Crippen molar-refractivity contribution in [2.75, 3.05) is 7.05 Å². The number of amides is 1. The molecule has 25 heavy (non-hydrogen) atoms. The van der Waals surface area contributed by atoms with Gasteiger partial charge >= 0.3 is 0 Å². The number of carbonyl (C=O) groups is 1. The summed E-state index contributed by atoms with van der Waals surface area (Å²) in [5.74, 6) is 0.246. The van der Waals surface area contributed by atoms with E-state index < -0.39 is 0 Å². The Kier molecular flexibility index (Phi) is 4.03. The molecule has 3 heteroatoms. The fraction of sp³-hybridized carbons (Fsp3) is 0.591. The zero-order valence-corrected chi connectivity index (χ0v) is 15.5. The van der Waals surface area contributed by atoms with Gasteiger partial charge in [-0.1, -0.05) is 68.4 Å². The molecular weight excluding hydrogens is 308 g/mol. The molecule has 1 saturated heterocycles. The van der Waals surface area contributed by atoms with Crippen LogP contribution in [0.1, 0.15) is 51.9 Å². The van der Waals surface area contributed by atoms with E-state index in [1.807, 2.05) is 0 Å². The van der Waals surface area contributed by atoms with Crippen LogP contribution in [0.5, 0.6) is 0 Å². The van der Waals surface area contributed by atoms with E-state index >= 15 is 0 Å². The van der Waals surface area contributed by atoms with E-state index in [9.17, 15) is 4.79 Å². The van der Waals surface area contributed by atoms with Gasteiger partial charge in [0, 0.05) is 17.9 Å². The quantitative estimate of drug-likeness (QED) is 0.771. The minimum Gasteiger partial charge on any atom is -0.352 e. The fourth-order valence-electron chi connectivity index (χ4n) is 4.56. The maximum atomic E-state index is 13.0. The topological polar surface area (TPSA) is 32.3 Å². The number of nitrogens with one attached hydrogen (secondary N) is 1. The lowest BCUT2D eigenvalue weighted by molar-refractivity contribution is -0.153. The van der Waals surface area contributed by atoms with Gasteiger partial charge in [0.1, 0.15) is 5.54 Å². The van der Waals surface area contributed by atoms with Crippen LogP contribution in [0, 0.1) is 5.41 Å². The van der Waals surface area contributed by atoms with E-state index in [0.717, 1.165) is 44.9 Å². The van der Waals surface area contributed by atoms with Crippen LogP contribution < -0.4 is 5.32 Å². The average Bonchev–Trinajstić information content (AvgIpc) is 3.44. The molecule has 1 heterocycles. The first-order valence-electron chi connectivity index (χ1n) is 9.85. The van der Waals surface area contributed by atoms with Crippen molar-refractivity contribution in [2.45, 2.75) is 69.0 Å². The summed E-state index contributed by atoms with van der Waals surface area (Å²) < 4.78 is 0. The van der Waals surface area contributed by atoms with Gasteiger partial charge in [-0.05, 0) is 32.7 Å². The lowest BCUT2D eigenvalue weighted by atomic mass is 9.62. The molecule has 1 saturated carbocycles. The van der Waals surface area contributed by atoms with Crippen LogP contribution in [0.2, 0.25) is 0 Å². The first-order chi connectivity index (χ1) is 12.0. The van der Waals surface area contributed by atoms with Crippen molar-refractivity contribution in [3.63, 3.8) is 0 Å². The summed E-state index contributed by atoms with van der Waals surface area (Å²) in [6.45, 7) is 2.20. The third-order valence-electron chi connectivity index (χ3n) is 6.53. The molecule has 1 aliphatic heterocycles. The molecule has 3 nitrogen and oxygen atoms in total. The number of carbonyl (C=O) groups excluding carboxylic acids is 1. The van der Waals surface area contributed by atoms with Crippen LogP contribution in [0.4, 0.5) is 0 Å². The van der Waals surface area contributed by atoms with Crippen LogP contribution >= 0.6 is 0 Å². The van der Waals surface area contributed by atoms with Gasteiger partial charge in [-0.3, -0.25) is 9.69 Å². The first-order valence-corrected chi connectivity index (χ1v) is 9.85. The van der Waals surface area contributed by atoms with Gasteiger partial charge in [0.05, 0.1) is 5.54 Å². The van der Waals surface area contributed by atoms with Crippen LogP contribution in [-0.2, 0) is 4.79 Å². The number of allylic oxidation sites excluding steroid dienone is 6. The van der Waals surface area contributed by atoms with Crippen LogP contribution in [0.3, 0.4) is 0 Å². The second kappa shape index (κ2) is 5.98. The van der Waals surface area contributed by atoms with E-state index in [4.69, 9.17) is 0 Å². The van der Waals surface area contributed by atoms with Crippen molar-refractivity contribution >= 4 is 5.91 Å². The summed E-state index contributed by atoms with van der Waals surface area (Å²) in [5.41, 5.74) is -0.489. The summed E-state index contributed by atoms with van der Waals surface area (Å²) in [5, 5.41) is 3.26. The van der Waals surface area contributed by atoms with E-state index in [-0.39, 0.29) is 22.4 Å². The predicted molar refractivity (Wildman–Crippen MR) is 102 cm³/mol. The van der Waals surface area contributed by atoms with Gasteiger partial charge in [0.25, 0.3) is 0 Å². The lowest BCUT2D eigenvalue weighted by Crippen LogP contribution is -2.76. The summed E-state index contributed by atoms with van der Waals surface area (Å²) in [6.07, 6.45) is 25.6. The predicted octanol–water partition coefficient (Wildman–Crippen LogP) is 3.90. The molecule has 0 bridgehead atoms. The number of nitrogens with zero attached hydrogens (tertiary/aromatic N) is 1. The van der Waals surface area contributed by atoms with Crippen LogP contribution in [0.15, 0.2) is 48.6 Å². The van der Waals surface area contributed by atoms with Crippen molar-refractivity contribution in [3.05, 3.63) is 48.6 Å². The Hall–Kier alpha value is -1.61. The zero-order chi connectivity index (χ0) is 17.5. The van der Waals surface area contributed by atoms with E-state index in [1.54, 1.807) is 0 Å². The minimum atomic E-state index is -0.337. The number of likely N-dealkylation sites (tertiary alicyclic amines) is 1. The van der Waals surface area contributed by atoms with Crippen molar-refractivity contribution < 1.29 is 4.79 Å². The SMILES string of the molecule is CCCCC1(C(=O)NC2CC2)CC2(C=CC3(C=CCC=C3)C=C2)N1C. The highest BCUT2D eigenvalue weighted by Gasteiger charge is 2.61. The molecule has 0 aromatic rings. The molecule has 2 fully saturated rings. The minimum absolute atomic E-state index is 0.0533. The number of likely N-dealkylation sites (N-methyl/N-ethyl adjacent to an activating group) is 1. The third-order valence-corrected chi connectivity index (χ3v) is 6.53. The second-order valence-corrected chi connectivity index (χ2v) is 8.32. The maximum absolute atomic E-state index is 13.0. The first kappa shape index (κ1) is 16.8. The fourth-order valence-corrected chi connectivity index (χ4v) is 4.56. The van der Waals surface area contributed by atoms with Crippen LogP contribution in [-0.4, -0.2) is 35.0 Å². The molecule has 1 amide bonds. The molecule has 134 valence electrons. The van der Waals surface area contributed by atoms with E-state index in [0.29, 0.717) is 6.04 Å². The highest BCUT2D eigenvalue weighted by atomic mass is 16.2. The summed E-state index contributed by atoms with van der Waals surface area (Å²) in [7, 11) is 2.13. The molecule has 0 aromatic carbocycles. The Balaban J connectivity index is 1.54. The molecule has 2 spiro atoms. The Labute approximate surface area is 151 Å². The largest absolute Gasteiger partial charge is 0.352 e. The van der Waals surface area contributed by atoms with Gasteiger partial charge < -0.3 is 5.32 Å². The number of unbranched alkanes of at least 4 members (excludes halogenated alkanes) is 1. The van der Waals surface area contributed by atoms with Crippen molar-refractivity contribution in [1.29, 1.82) is 0 Å². The van der Waals surface area contributed by atoms with Gasteiger partial charge in [-0.15, -0.1) is 0 Å². The summed E-state index contributed by atoms with van der Waals surface area (Å²) in [4.78, 5) is 15.3. The average molecular weight is 338 g/mol. The van der Waals surface area contributed by atoms with Crippen molar-refractivity contribution in [3.8, 4) is 0 Å². The third kappa shape index (κ3) is 2.73. The zero-order valence-electron chi connectivity index (χ0n) is 15.5. The van der Waals surface area contributed by atoms with Gasteiger partial charge in [0.15, 0.2) is 0 Å². The number of hydrogen-bond donors (Lipinski definition) is 1. The van der Waals surface area contributed by atoms with Crippen LogP contribution in [0.25, 0.3) is 0 Å². The smallest absolute Gasteiger partial charge is 0.240 e. The molecule has 1 atom stereocenters. The molecule has 4 aliphatic rings. The molecule has 0 aromatic heterocycles. The summed E-state index contributed by atoms with van der Waals surface area (Å²) >= 11 is 0. The van der Waals surface area contributed by atoms with Crippen molar-refractivity contribution in [2.24, 2.45) is 5.41 Å². The monoisotopic (exact) mass is 338 g/mol. The highest BCUT2D eigenvalue weighted by Crippen LogP contribution is 2.52. The molecule has 1 unspecified atom stereocenters. The lowest BCUT2D eigenvalue weighted by Gasteiger charge is -2.62. The van der Waals surface area contributed by atoms with Gasteiger partial charge in [-0.25, -0.2) is 0 Å². The normalized spacial score (nSPS) is 31.4. The maximum Gasteiger partial charge on any atom is 0.240 e. The Morgan fingerprint density at radius 1 is 1.12 bits per heavy atom. The van der Waals surface area contributed by atoms with Gasteiger partial charge in [0.2, 0.25) is 5.91 Å². The number of hydrogen-bond acceptors (Lipinski definition) is 2. The summed E-state index contributed by atoms with van der Waals surface area (Å²) in [6, 6.07) is 0.425. The van der Waals surface area contributed by atoms with Crippen molar-refractivity contribution in [1.82, 2.24) is 10.2 Å². The molecular formula is C22H30N2O. The Morgan fingerprint density at radius 3 is 2.36 bits per heavy atom. The Morgan fingerprint density at radius 2 is 1.80 bits per heavy atom. The molecule has 0 radical (unpaired) electrons. The van der Waals surface area contributed by atoms with E-state index in [2.05, 4.69) is 72.8 Å². The molecule has 4 rings (SSSR count). The molecule has 1 N–H and O–H groups in total. The molecule has 3 aliphatic carbocycles. The number of rotatable bonds is 5.